The van der Waals surface area contributed by atoms with Crippen LogP contribution in [0.3, 0.4) is 0 Å². The zero-order valence-corrected chi connectivity index (χ0v) is 14.9. The van der Waals surface area contributed by atoms with Gasteiger partial charge in [-0.1, -0.05) is 48.2 Å². The van der Waals surface area contributed by atoms with E-state index < -0.39 is 23.9 Å². The Hall–Kier alpha value is -2.68. The third kappa shape index (κ3) is 3.01. The van der Waals surface area contributed by atoms with Gasteiger partial charge in [0.1, 0.15) is 6.17 Å². The van der Waals surface area contributed by atoms with Crippen LogP contribution in [-0.4, -0.2) is 22.3 Å². The van der Waals surface area contributed by atoms with E-state index in [1.165, 1.54) is 28.9 Å². The van der Waals surface area contributed by atoms with Crippen LogP contribution in [0.2, 0.25) is 0 Å². The molecule has 0 fully saturated rings. The number of hydrogen-bond donors (Lipinski definition) is 2. The number of thioether (sulfide) groups is 1. The van der Waals surface area contributed by atoms with E-state index in [-0.39, 0.29) is 11.5 Å². The summed E-state index contributed by atoms with van der Waals surface area (Å²) in [6.45, 7) is 0. The van der Waals surface area contributed by atoms with Gasteiger partial charge in [-0.25, -0.2) is 0 Å². The molecule has 2 atom stereocenters. The predicted octanol–water partition coefficient (Wildman–Crippen LogP) is 3.94. The molecule has 2 heterocycles. The van der Waals surface area contributed by atoms with Crippen LogP contribution in [0.5, 0.6) is 0 Å². The second kappa shape index (κ2) is 6.49. The molecule has 2 aromatic carbocycles. The van der Waals surface area contributed by atoms with Crippen molar-refractivity contribution in [2.45, 2.75) is 18.4 Å². The highest BCUT2D eigenvalue weighted by molar-refractivity contribution is 8.13. The third-order valence-corrected chi connectivity index (χ3v) is 5.09. The molecule has 5 nitrogen and oxygen atoms in total. The first-order valence-electron chi connectivity index (χ1n) is 8.13. The van der Waals surface area contributed by atoms with Crippen LogP contribution in [0.25, 0.3) is 0 Å². The van der Waals surface area contributed by atoms with Crippen LogP contribution in [-0.2, 0) is 11.0 Å². The fourth-order valence-corrected chi connectivity index (χ4v) is 3.74. The third-order valence-electron chi connectivity index (χ3n) is 4.52. The number of carbonyl (C=O) groups excluding carboxylic acids is 1. The summed E-state index contributed by atoms with van der Waals surface area (Å²) in [6, 6.07) is 11.6. The lowest BCUT2D eigenvalue weighted by molar-refractivity contribution is -0.139. The van der Waals surface area contributed by atoms with E-state index in [1.807, 2.05) is 0 Å². The molecule has 2 aliphatic heterocycles. The average Bonchev–Trinajstić information content (AvgIpc) is 2.66. The fourth-order valence-electron chi connectivity index (χ4n) is 3.36. The quantitative estimate of drug-likeness (QED) is 0.772. The van der Waals surface area contributed by atoms with Crippen LogP contribution in [0.4, 0.5) is 18.9 Å². The van der Waals surface area contributed by atoms with Gasteiger partial charge in [-0.3, -0.25) is 9.80 Å². The van der Waals surface area contributed by atoms with E-state index >= 15 is 0 Å². The first-order chi connectivity index (χ1) is 12.9. The highest BCUT2D eigenvalue weighted by atomic mass is 32.2. The summed E-state index contributed by atoms with van der Waals surface area (Å²) in [5, 5.41) is 12.0. The van der Waals surface area contributed by atoms with Gasteiger partial charge in [-0.2, -0.15) is 13.2 Å². The van der Waals surface area contributed by atoms with Crippen molar-refractivity contribution in [3.63, 3.8) is 0 Å². The highest BCUT2D eigenvalue weighted by Crippen LogP contribution is 2.45. The highest BCUT2D eigenvalue weighted by Gasteiger charge is 2.44. The Morgan fingerprint density at radius 2 is 1.74 bits per heavy atom. The summed E-state index contributed by atoms with van der Waals surface area (Å²) < 4.78 is 40.7. The van der Waals surface area contributed by atoms with E-state index in [0.29, 0.717) is 16.4 Å². The summed E-state index contributed by atoms with van der Waals surface area (Å²) in [5.41, 5.74) is 0.536. The number of anilines is 1. The molecule has 140 valence electrons. The average molecular weight is 392 g/mol. The number of alkyl halides is 3. The van der Waals surface area contributed by atoms with E-state index in [2.05, 4.69) is 15.7 Å². The maximum absolute atomic E-state index is 13.6. The number of fused-ring (bicyclic) bond motifs is 3. The Labute approximate surface area is 157 Å². The molecule has 0 saturated heterocycles. The number of benzene rings is 2. The number of para-hydroxylation sites is 1. The van der Waals surface area contributed by atoms with Gasteiger partial charge in [0.05, 0.1) is 5.56 Å². The molecule has 2 aliphatic rings. The molecule has 1 amide bonds. The molecule has 0 spiro atoms. The topological polar surface area (TPSA) is 56.7 Å². The number of nitrogens with one attached hydrogen (secondary N) is 2. The Kier molecular flexibility index (Phi) is 4.26. The van der Waals surface area contributed by atoms with Gasteiger partial charge in [0.25, 0.3) is 5.91 Å². The lowest BCUT2D eigenvalue weighted by atomic mass is 9.95. The van der Waals surface area contributed by atoms with Crippen molar-refractivity contribution in [2.75, 3.05) is 11.6 Å². The van der Waals surface area contributed by atoms with Crippen LogP contribution < -0.4 is 10.6 Å². The van der Waals surface area contributed by atoms with Crippen molar-refractivity contribution >= 4 is 28.5 Å². The summed E-state index contributed by atoms with van der Waals surface area (Å²) in [7, 11) is 0. The SMILES string of the molecule is CSC1=NN2C(c3ccccc3C(F)(F)F)Nc3ccccc3C2C(=O)N1. The Morgan fingerprint density at radius 3 is 2.44 bits per heavy atom. The van der Waals surface area contributed by atoms with Gasteiger partial charge in [-0.05, 0) is 18.4 Å². The lowest BCUT2D eigenvalue weighted by Crippen LogP contribution is -2.51. The van der Waals surface area contributed by atoms with Crippen molar-refractivity contribution in [1.29, 1.82) is 0 Å². The molecule has 9 heteroatoms. The molecule has 27 heavy (non-hydrogen) atoms. The summed E-state index contributed by atoms with van der Waals surface area (Å²) >= 11 is 1.22. The van der Waals surface area contributed by atoms with Gasteiger partial charge < -0.3 is 10.6 Å². The lowest BCUT2D eigenvalue weighted by Gasteiger charge is -2.44. The normalized spacial score (nSPS) is 21.6. The molecule has 4 rings (SSSR count). The molecular formula is C18H15F3N4OS. The second-order valence-electron chi connectivity index (χ2n) is 6.10. The smallest absolute Gasteiger partial charge is 0.360 e. The second-order valence-corrected chi connectivity index (χ2v) is 6.90. The Balaban J connectivity index is 1.90. The number of halogens is 3. The minimum Gasteiger partial charge on any atom is -0.360 e. The maximum atomic E-state index is 13.6. The summed E-state index contributed by atoms with van der Waals surface area (Å²) in [6.07, 6.45) is -3.71. The molecule has 0 bridgehead atoms. The molecule has 0 radical (unpaired) electrons. The van der Waals surface area contributed by atoms with Crippen LogP contribution in [0.15, 0.2) is 53.6 Å². The number of carbonyl (C=O) groups is 1. The minimum atomic E-state index is -4.52. The molecule has 0 aromatic heterocycles. The van der Waals surface area contributed by atoms with Crippen molar-refractivity contribution in [3.8, 4) is 0 Å². The van der Waals surface area contributed by atoms with E-state index in [4.69, 9.17) is 0 Å². The zero-order valence-electron chi connectivity index (χ0n) is 14.1. The van der Waals surface area contributed by atoms with Gasteiger partial charge in [0.2, 0.25) is 0 Å². The van der Waals surface area contributed by atoms with Crippen LogP contribution in [0.1, 0.15) is 28.9 Å². The fraction of sp³-hybridized carbons (Fsp3) is 0.222. The van der Waals surface area contributed by atoms with Crippen molar-refractivity contribution in [2.24, 2.45) is 5.10 Å². The van der Waals surface area contributed by atoms with E-state index in [0.717, 1.165) is 6.07 Å². The van der Waals surface area contributed by atoms with Crippen molar-refractivity contribution < 1.29 is 18.0 Å². The zero-order chi connectivity index (χ0) is 19.2. The van der Waals surface area contributed by atoms with Crippen LogP contribution in [0, 0.1) is 0 Å². The predicted molar refractivity (Wildman–Crippen MR) is 97.9 cm³/mol. The van der Waals surface area contributed by atoms with Gasteiger partial charge in [0.15, 0.2) is 11.2 Å². The standard InChI is InChI=1S/C18H15F3N4OS/c1-27-17-23-16(26)14-11-7-3-5-9-13(11)22-15(25(14)24-17)10-6-2-4-8-12(10)18(19,20)21/h2-9,14-15,22H,1H3,(H,23,24,26). The van der Waals surface area contributed by atoms with Crippen LogP contribution >= 0.6 is 11.8 Å². The number of hydrogen-bond acceptors (Lipinski definition) is 5. The largest absolute Gasteiger partial charge is 0.416 e. The Bertz CT molecular complexity index is 931. The molecule has 2 unspecified atom stereocenters. The molecule has 0 aliphatic carbocycles. The molecule has 0 saturated carbocycles. The molecule has 2 N–H and O–H groups in total. The van der Waals surface area contributed by atoms with Crippen molar-refractivity contribution in [3.05, 3.63) is 65.2 Å². The van der Waals surface area contributed by atoms with Gasteiger partial charge in [0, 0.05) is 16.8 Å². The maximum Gasteiger partial charge on any atom is 0.416 e. The molecular weight excluding hydrogens is 377 g/mol. The molecule has 2 aromatic rings. The first kappa shape index (κ1) is 17.7. The number of hydrazone groups is 1. The van der Waals surface area contributed by atoms with Gasteiger partial charge in [-0.15, -0.1) is 5.10 Å². The number of amides is 1. The monoisotopic (exact) mass is 392 g/mol. The number of amidine groups is 1. The van der Waals surface area contributed by atoms with E-state index in [9.17, 15) is 18.0 Å². The minimum absolute atomic E-state index is 0.0170. The summed E-state index contributed by atoms with van der Waals surface area (Å²) in [5.74, 6) is -0.321. The van der Waals surface area contributed by atoms with E-state index in [1.54, 1.807) is 36.6 Å². The van der Waals surface area contributed by atoms with Crippen molar-refractivity contribution in [1.82, 2.24) is 10.3 Å². The number of rotatable bonds is 1. The number of nitrogens with zero attached hydrogens (tertiary/aromatic N) is 2. The van der Waals surface area contributed by atoms with Gasteiger partial charge >= 0.3 is 6.18 Å². The Morgan fingerprint density at radius 1 is 1.07 bits per heavy atom. The summed E-state index contributed by atoms with van der Waals surface area (Å²) in [4.78, 5) is 12.7. The first-order valence-corrected chi connectivity index (χ1v) is 9.36.